The average Bonchev–Trinajstić information content (AvgIpc) is 2.69. The van der Waals surface area contributed by atoms with Crippen LogP contribution in [0.2, 0.25) is 0 Å². The van der Waals surface area contributed by atoms with Gasteiger partial charge in [-0.2, -0.15) is 8.78 Å². The van der Waals surface area contributed by atoms with E-state index in [9.17, 15) is 13.2 Å². The highest BCUT2D eigenvalue weighted by atomic mass is 31.0. The third-order valence-electron chi connectivity index (χ3n) is 6.59. The molecule has 1 unspecified atom stereocenters. The molecule has 1 N–H and O–H groups in total. The zero-order valence-electron chi connectivity index (χ0n) is 16.7. The van der Waals surface area contributed by atoms with Gasteiger partial charge in [0.05, 0.1) is 5.92 Å². The van der Waals surface area contributed by atoms with E-state index in [1.807, 2.05) is 0 Å². The largest absolute Gasteiger partial charge is 0.432 e. The normalized spacial score (nSPS) is 28.9. The van der Waals surface area contributed by atoms with Gasteiger partial charge in [-0.05, 0) is 88.3 Å². The summed E-state index contributed by atoms with van der Waals surface area (Å²) in [4.78, 5) is 0. The number of rotatable bonds is 7. The Bertz CT molecular complexity index is 626. The lowest BCUT2D eigenvalue weighted by Crippen LogP contribution is -2.39. The maximum absolute atomic E-state index is 14.6. The van der Waals surface area contributed by atoms with Crippen LogP contribution in [0.5, 0.6) is 5.75 Å². The predicted octanol–water partition coefficient (Wildman–Crippen LogP) is 5.66. The van der Waals surface area contributed by atoms with Gasteiger partial charge in [-0.15, -0.1) is 9.24 Å². The molecule has 0 radical (unpaired) electrons. The minimum atomic E-state index is -3.25. The van der Waals surface area contributed by atoms with Gasteiger partial charge in [-0.25, -0.2) is 4.39 Å². The zero-order chi connectivity index (χ0) is 20.1. The Balaban J connectivity index is 1.47. The number of halogens is 3. The Morgan fingerprint density at radius 1 is 1.04 bits per heavy atom. The molecule has 0 amide bonds. The molecule has 158 valence electrons. The molecule has 6 heteroatoms. The van der Waals surface area contributed by atoms with Gasteiger partial charge in [0.2, 0.25) is 0 Å². The van der Waals surface area contributed by atoms with Crippen LogP contribution in [-0.4, -0.2) is 18.7 Å². The molecule has 0 aliphatic heterocycles. The van der Waals surface area contributed by atoms with E-state index >= 15 is 0 Å². The minimum absolute atomic E-state index is 0.103. The third-order valence-corrected chi connectivity index (χ3v) is 7.06. The van der Waals surface area contributed by atoms with E-state index in [-0.39, 0.29) is 5.75 Å². The van der Waals surface area contributed by atoms with Crippen molar-refractivity contribution in [3.05, 3.63) is 24.0 Å². The van der Waals surface area contributed by atoms with Crippen molar-refractivity contribution < 1.29 is 17.9 Å². The second kappa shape index (κ2) is 9.80. The summed E-state index contributed by atoms with van der Waals surface area (Å²) >= 11 is 0. The Kier molecular flexibility index (Phi) is 7.67. The van der Waals surface area contributed by atoms with Gasteiger partial charge >= 0.3 is 6.11 Å². The van der Waals surface area contributed by atoms with E-state index in [0.29, 0.717) is 36.0 Å². The van der Waals surface area contributed by atoms with E-state index in [0.717, 1.165) is 31.9 Å². The molecule has 1 atom stereocenters. The Morgan fingerprint density at radius 2 is 1.64 bits per heavy atom. The monoisotopic (exact) mass is 415 g/mol. The zero-order valence-corrected chi connectivity index (χ0v) is 17.9. The fraction of sp³-hybridized carbons (Fsp3) is 0.727. The first-order chi connectivity index (χ1) is 13.4. The number of nitrogens with one attached hydrogen (secondary N) is 1. The van der Waals surface area contributed by atoms with E-state index in [4.69, 9.17) is 4.74 Å². The summed E-state index contributed by atoms with van der Waals surface area (Å²) < 4.78 is 47.7. The first-order valence-electron chi connectivity index (χ1n) is 10.7. The van der Waals surface area contributed by atoms with Crippen LogP contribution in [0.15, 0.2) is 18.2 Å². The summed E-state index contributed by atoms with van der Waals surface area (Å²) in [5.74, 6) is -0.198. The molecule has 2 nitrogen and oxygen atoms in total. The van der Waals surface area contributed by atoms with Gasteiger partial charge in [0.1, 0.15) is 11.6 Å². The van der Waals surface area contributed by atoms with Crippen LogP contribution in [0.1, 0.15) is 64.7 Å². The molecule has 2 fully saturated rings. The van der Waals surface area contributed by atoms with Gasteiger partial charge in [0.15, 0.2) is 0 Å². The molecule has 3 rings (SSSR count). The van der Waals surface area contributed by atoms with Crippen molar-refractivity contribution in [1.82, 2.24) is 5.32 Å². The quantitative estimate of drug-likeness (QED) is 0.580. The maximum Gasteiger partial charge on any atom is 0.400 e. The first-order valence-corrected chi connectivity index (χ1v) is 11.3. The molecule has 28 heavy (non-hydrogen) atoms. The smallest absolute Gasteiger partial charge is 0.400 e. The molecule has 1 aromatic rings. The highest BCUT2D eigenvalue weighted by Gasteiger charge is 2.45. The van der Waals surface area contributed by atoms with Crippen molar-refractivity contribution in [3.63, 3.8) is 0 Å². The fourth-order valence-corrected chi connectivity index (χ4v) is 5.06. The van der Waals surface area contributed by atoms with E-state index < -0.39 is 17.8 Å². The van der Waals surface area contributed by atoms with E-state index in [1.54, 1.807) is 0 Å². The average molecular weight is 415 g/mol. The SMILES string of the molecule is CCCNC1CCC(C2CCC(C(F)(F)Oc3ccc(P)c(F)c3)CC2)CC1. The van der Waals surface area contributed by atoms with Crippen molar-refractivity contribution in [2.24, 2.45) is 17.8 Å². The summed E-state index contributed by atoms with van der Waals surface area (Å²) in [6.07, 6.45) is 5.42. The van der Waals surface area contributed by atoms with Crippen molar-refractivity contribution >= 4 is 14.5 Å². The first kappa shape index (κ1) is 21.9. The standard InChI is InChI=1S/C22H33F3NOP/c1-2-13-26-18-9-5-16(6-10-18)15-3-7-17(8-4-15)22(24,25)27-19-11-12-21(28)20(23)14-19/h11-12,14-18,26H,2-10,13,28H2,1H3. The molecule has 0 heterocycles. The van der Waals surface area contributed by atoms with Crippen LogP contribution < -0.4 is 15.4 Å². The van der Waals surface area contributed by atoms with Crippen molar-refractivity contribution in [3.8, 4) is 5.75 Å². The van der Waals surface area contributed by atoms with Crippen LogP contribution in [0.25, 0.3) is 0 Å². The molecule has 1 aromatic carbocycles. The summed E-state index contributed by atoms with van der Waals surface area (Å²) in [6.45, 7) is 3.27. The topological polar surface area (TPSA) is 21.3 Å². The number of benzene rings is 1. The molecular formula is C22H33F3NOP. The van der Waals surface area contributed by atoms with Crippen LogP contribution in [0, 0.1) is 23.6 Å². The highest BCUT2D eigenvalue weighted by Crippen LogP contribution is 2.44. The molecule has 0 spiro atoms. The van der Waals surface area contributed by atoms with E-state index in [2.05, 4.69) is 21.5 Å². The lowest BCUT2D eigenvalue weighted by atomic mass is 9.70. The number of ether oxygens (including phenoxy) is 1. The van der Waals surface area contributed by atoms with Gasteiger partial charge in [0, 0.05) is 17.4 Å². The highest BCUT2D eigenvalue weighted by molar-refractivity contribution is 7.27. The van der Waals surface area contributed by atoms with Gasteiger partial charge in [-0.1, -0.05) is 6.92 Å². The van der Waals surface area contributed by atoms with Crippen molar-refractivity contribution in [2.75, 3.05) is 6.54 Å². The van der Waals surface area contributed by atoms with Crippen molar-refractivity contribution in [1.29, 1.82) is 0 Å². The lowest BCUT2D eigenvalue weighted by Gasteiger charge is -2.39. The van der Waals surface area contributed by atoms with Crippen LogP contribution in [0.3, 0.4) is 0 Å². The van der Waals surface area contributed by atoms with Crippen LogP contribution in [-0.2, 0) is 0 Å². The number of hydrogen-bond donors (Lipinski definition) is 1. The molecule has 0 aromatic heterocycles. The second-order valence-electron chi connectivity index (χ2n) is 8.52. The summed E-state index contributed by atoms with van der Waals surface area (Å²) in [7, 11) is 2.23. The number of alkyl halides is 2. The van der Waals surface area contributed by atoms with Crippen LogP contribution in [0.4, 0.5) is 13.2 Å². The van der Waals surface area contributed by atoms with Crippen molar-refractivity contribution in [2.45, 2.75) is 76.9 Å². The minimum Gasteiger partial charge on any atom is -0.432 e. The van der Waals surface area contributed by atoms with Gasteiger partial charge in [0.25, 0.3) is 0 Å². The molecular weight excluding hydrogens is 382 g/mol. The molecule has 2 aliphatic rings. The Labute approximate surface area is 169 Å². The Hall–Kier alpha value is -0.800. The van der Waals surface area contributed by atoms with E-state index in [1.165, 1.54) is 37.8 Å². The number of hydrogen-bond acceptors (Lipinski definition) is 2. The predicted molar refractivity (Wildman–Crippen MR) is 111 cm³/mol. The molecule has 2 saturated carbocycles. The summed E-state index contributed by atoms with van der Waals surface area (Å²) in [6, 6.07) is 4.51. The summed E-state index contributed by atoms with van der Waals surface area (Å²) in [5, 5.41) is 3.95. The molecule has 0 saturated heterocycles. The third kappa shape index (κ3) is 5.63. The maximum atomic E-state index is 14.6. The second-order valence-corrected chi connectivity index (χ2v) is 9.15. The van der Waals surface area contributed by atoms with Crippen LogP contribution >= 0.6 is 9.24 Å². The lowest BCUT2D eigenvalue weighted by molar-refractivity contribution is -0.224. The molecule has 2 aliphatic carbocycles. The van der Waals surface area contributed by atoms with Gasteiger partial charge < -0.3 is 10.1 Å². The molecule has 0 bridgehead atoms. The van der Waals surface area contributed by atoms with Gasteiger partial charge in [-0.3, -0.25) is 0 Å². The Morgan fingerprint density at radius 3 is 2.21 bits per heavy atom. The summed E-state index contributed by atoms with van der Waals surface area (Å²) in [5.41, 5.74) is 0. The fourth-order valence-electron chi connectivity index (χ4n) is 4.88.